The van der Waals surface area contributed by atoms with E-state index in [9.17, 15) is 19.8 Å². The molecule has 2 aromatic heterocycles. The van der Waals surface area contributed by atoms with E-state index in [2.05, 4.69) is 34.2 Å². The van der Waals surface area contributed by atoms with Crippen LogP contribution in [0, 0.1) is 0 Å². The Labute approximate surface area is 189 Å². The Hall–Kier alpha value is -3.34. The number of pyridine rings is 2. The van der Waals surface area contributed by atoms with Crippen molar-refractivity contribution in [1.82, 2.24) is 9.97 Å². The fourth-order valence-electron chi connectivity index (χ4n) is 2.52. The molecule has 4 rings (SSSR count). The fraction of sp³-hybridized carbons (Fsp3) is 0. The van der Waals surface area contributed by atoms with Crippen molar-refractivity contribution in [3.8, 4) is 0 Å². The van der Waals surface area contributed by atoms with Crippen molar-refractivity contribution in [3.05, 3.63) is 84.2 Å². The van der Waals surface area contributed by atoms with Gasteiger partial charge in [-0.15, -0.1) is 0 Å². The molecule has 0 aliphatic rings. The molecule has 10 nitrogen and oxygen atoms in total. The van der Waals surface area contributed by atoms with Crippen LogP contribution in [0.5, 0.6) is 0 Å². The zero-order valence-electron chi connectivity index (χ0n) is 16.4. The van der Waals surface area contributed by atoms with Gasteiger partial charge in [0, 0.05) is 34.3 Å². The van der Waals surface area contributed by atoms with Gasteiger partial charge in [-0.25, -0.2) is 0 Å². The van der Waals surface area contributed by atoms with Crippen LogP contribution in [-0.2, 0) is 35.9 Å². The molecular weight excluding hydrogens is 462 g/mol. The Morgan fingerprint density at radius 3 is 1.29 bits per heavy atom. The average Bonchev–Trinajstić information content (AvgIpc) is 2.68. The molecule has 0 unspecified atom stereocenters. The van der Waals surface area contributed by atoms with E-state index in [1.807, 2.05) is 12.1 Å². The van der Waals surface area contributed by atoms with Crippen molar-refractivity contribution >= 4 is 33.7 Å². The molecule has 0 spiro atoms. The van der Waals surface area contributed by atoms with Gasteiger partial charge in [-0.05, 0) is 12.1 Å². The minimum atomic E-state index is -1.52. The molecule has 0 fully saturated rings. The van der Waals surface area contributed by atoms with Crippen LogP contribution in [0.15, 0.2) is 73.1 Å². The van der Waals surface area contributed by atoms with Gasteiger partial charge in [0.1, 0.15) is 0 Å². The summed E-state index contributed by atoms with van der Waals surface area (Å²) in [4.78, 5) is 29.3. The number of carboxylic acids is 2. The molecular formula is C20H23N2O8Zn+3. The maximum Gasteiger partial charge on any atom is 2.00 e. The van der Waals surface area contributed by atoms with Gasteiger partial charge < -0.3 is 41.7 Å². The van der Waals surface area contributed by atoms with Crippen LogP contribution < -0.4 is 10.2 Å². The fourth-order valence-corrected chi connectivity index (χ4v) is 2.52. The van der Waals surface area contributed by atoms with E-state index in [1.54, 1.807) is 12.4 Å². The zero-order valence-corrected chi connectivity index (χ0v) is 19.4. The monoisotopic (exact) mass is 483 g/mol. The van der Waals surface area contributed by atoms with E-state index in [4.69, 9.17) is 0 Å². The van der Waals surface area contributed by atoms with Gasteiger partial charge in [0.2, 0.25) is 0 Å². The summed E-state index contributed by atoms with van der Waals surface area (Å²) in [6, 6.07) is 17.3. The topological polar surface area (TPSA) is 237 Å². The van der Waals surface area contributed by atoms with Gasteiger partial charge in [0.15, 0.2) is 0 Å². The van der Waals surface area contributed by atoms with Crippen LogP contribution in [0.1, 0.15) is 20.7 Å². The van der Waals surface area contributed by atoms with Crippen LogP contribution in [0.3, 0.4) is 0 Å². The molecule has 0 saturated heterocycles. The number of carbonyl (C=O) groups is 2. The molecule has 4 aromatic rings. The number of aromatic nitrogens is 2. The third kappa shape index (κ3) is 7.45. The summed E-state index contributed by atoms with van der Waals surface area (Å²) in [6.07, 6.45) is 3.60. The Bertz CT molecular complexity index is 1040. The molecule has 0 bridgehead atoms. The summed E-state index contributed by atoms with van der Waals surface area (Å²) in [7, 11) is 0. The quantitative estimate of drug-likeness (QED) is 0.170. The number of fused-ring (bicyclic) bond motifs is 3. The summed E-state index contributed by atoms with van der Waals surface area (Å²) in [6.45, 7) is 0. The summed E-state index contributed by atoms with van der Waals surface area (Å²) < 4.78 is 0. The summed E-state index contributed by atoms with van der Waals surface area (Å²) in [5, 5.41) is 22.9. The first-order chi connectivity index (χ1) is 12.6. The molecule has 0 aliphatic carbocycles. The minimum absolute atomic E-state index is 0. The number of rotatable bonds is 2. The van der Waals surface area contributed by atoms with E-state index in [0.29, 0.717) is 0 Å². The molecule has 2 heterocycles. The molecule has 2 aromatic carbocycles. The van der Waals surface area contributed by atoms with Crippen molar-refractivity contribution in [3.63, 3.8) is 0 Å². The Balaban J connectivity index is -0.000000440. The zero-order chi connectivity index (χ0) is 18.5. The van der Waals surface area contributed by atoms with Crippen molar-refractivity contribution in [2.24, 2.45) is 0 Å². The van der Waals surface area contributed by atoms with Gasteiger partial charge in [0.05, 0.1) is 23.0 Å². The number of hydrogen-bond donors (Lipinski definition) is 0. The van der Waals surface area contributed by atoms with E-state index < -0.39 is 11.9 Å². The average molecular weight is 485 g/mol. The first-order valence-corrected chi connectivity index (χ1v) is 7.68. The maximum atomic E-state index is 10.3. The predicted molar refractivity (Wildman–Crippen MR) is 110 cm³/mol. The molecule has 0 amide bonds. The SMILES string of the molecule is O.O=C([O-])c1ccccc1C(=O)[O-].[OH3+].[OH3+].[OH3+].[Zn+2].c1cnc2c(c1)ccc1cccnc12. The number of nitrogens with zero attached hydrogens (tertiary/aromatic N) is 2. The van der Waals surface area contributed by atoms with E-state index in [1.165, 1.54) is 12.1 Å². The molecule has 0 radical (unpaired) electrons. The predicted octanol–water partition coefficient (Wildman–Crippen LogP) is -2.40. The van der Waals surface area contributed by atoms with Crippen molar-refractivity contribution in [2.75, 3.05) is 0 Å². The summed E-state index contributed by atoms with van der Waals surface area (Å²) >= 11 is 0. The third-order valence-corrected chi connectivity index (χ3v) is 3.71. The minimum Gasteiger partial charge on any atom is -0.545 e. The van der Waals surface area contributed by atoms with Crippen LogP contribution in [-0.4, -0.2) is 27.4 Å². The van der Waals surface area contributed by atoms with Gasteiger partial charge in [-0.2, -0.15) is 0 Å². The second-order valence-electron chi connectivity index (χ2n) is 5.34. The van der Waals surface area contributed by atoms with Crippen LogP contribution in [0.25, 0.3) is 21.8 Å². The first kappa shape index (κ1) is 32.3. The molecule has 11 heteroatoms. The van der Waals surface area contributed by atoms with Gasteiger partial charge >= 0.3 is 19.5 Å². The van der Waals surface area contributed by atoms with Crippen LogP contribution in [0.2, 0.25) is 0 Å². The molecule has 160 valence electrons. The molecule has 0 aliphatic heterocycles. The normalized spacial score (nSPS) is 8.52. The Morgan fingerprint density at radius 1 is 0.613 bits per heavy atom. The number of benzene rings is 2. The standard InChI is InChI=1S/C12H8N2.C8H6O4.4H2O.Zn/c1-3-9-5-6-10-4-2-8-14-12(10)11(9)13-7-1;9-7(10)5-3-1-2-4-6(5)8(11)12;;;;;/h1-8H;1-4H,(H,9,10)(H,11,12);4*1H2;/q;;;;;;+2/p+1. The molecule has 31 heavy (non-hydrogen) atoms. The van der Waals surface area contributed by atoms with E-state index in [-0.39, 0.29) is 52.5 Å². The number of carbonyl (C=O) groups excluding carboxylic acids is 2. The Kier molecular flexibility index (Phi) is 15.2. The first-order valence-electron chi connectivity index (χ1n) is 7.68. The molecule has 0 atom stereocenters. The van der Waals surface area contributed by atoms with E-state index >= 15 is 0 Å². The summed E-state index contributed by atoms with van der Waals surface area (Å²) in [5.74, 6) is -3.04. The third-order valence-electron chi connectivity index (χ3n) is 3.71. The second kappa shape index (κ2) is 14.6. The van der Waals surface area contributed by atoms with Gasteiger partial charge in [-0.1, -0.05) is 48.5 Å². The van der Waals surface area contributed by atoms with Gasteiger partial charge in [-0.3, -0.25) is 9.97 Å². The number of hydrogen-bond acceptors (Lipinski definition) is 6. The van der Waals surface area contributed by atoms with Crippen molar-refractivity contribution in [2.45, 2.75) is 0 Å². The van der Waals surface area contributed by atoms with Crippen molar-refractivity contribution < 1.29 is 61.2 Å². The molecule has 0 saturated carbocycles. The van der Waals surface area contributed by atoms with Gasteiger partial charge in [0.25, 0.3) is 0 Å². The second-order valence-corrected chi connectivity index (χ2v) is 5.34. The maximum absolute atomic E-state index is 10.3. The molecule has 11 N–H and O–H groups in total. The smallest absolute Gasteiger partial charge is 0.545 e. The number of aromatic carboxylic acids is 2. The largest absolute Gasteiger partial charge is 2.00 e. The number of carboxylic acid groups (broad SMARTS) is 2. The van der Waals surface area contributed by atoms with Crippen LogP contribution >= 0.6 is 0 Å². The van der Waals surface area contributed by atoms with Crippen LogP contribution in [0.4, 0.5) is 0 Å². The van der Waals surface area contributed by atoms with E-state index in [0.717, 1.165) is 33.9 Å². The summed E-state index contributed by atoms with van der Waals surface area (Å²) in [5.41, 5.74) is 1.23. The Morgan fingerprint density at radius 2 is 0.968 bits per heavy atom. The van der Waals surface area contributed by atoms with Crippen molar-refractivity contribution in [1.29, 1.82) is 0 Å².